The minimum Gasteiger partial charge on any atom is -0.477 e. The predicted molar refractivity (Wildman–Crippen MR) is 39.3 cm³/mol. The van der Waals surface area contributed by atoms with Crippen molar-refractivity contribution in [3.05, 3.63) is 11.9 Å². The summed E-state index contributed by atoms with van der Waals surface area (Å²) in [5.41, 5.74) is 0.199. The topological polar surface area (TPSA) is 64.3 Å². The van der Waals surface area contributed by atoms with Crippen molar-refractivity contribution >= 4 is 5.97 Å². The summed E-state index contributed by atoms with van der Waals surface area (Å²) < 4.78 is 6.72. The van der Waals surface area contributed by atoms with Crippen LogP contribution in [0.2, 0.25) is 0 Å². The first kappa shape index (κ1) is 7.15. The molecule has 1 aromatic rings. The summed E-state index contributed by atoms with van der Waals surface area (Å²) in [6.45, 7) is 1.30. The lowest BCUT2D eigenvalue weighted by atomic mass is 10.4. The number of hydrogen-bond donors (Lipinski definition) is 1. The summed E-state index contributed by atoms with van der Waals surface area (Å²) in [6, 6.07) is 0.415. The fraction of sp³-hybridized carbons (Fsp3) is 0.429. The summed E-state index contributed by atoms with van der Waals surface area (Å²) in [4.78, 5) is 14.5. The number of hydrogen-bond acceptors (Lipinski definition) is 3. The molecule has 1 aliphatic rings. The van der Waals surface area contributed by atoms with Crippen molar-refractivity contribution in [1.29, 1.82) is 0 Å². The largest absolute Gasteiger partial charge is 0.477 e. The Morgan fingerprint density at radius 3 is 3.33 bits per heavy atom. The van der Waals surface area contributed by atoms with E-state index in [2.05, 4.69) is 4.98 Å². The van der Waals surface area contributed by atoms with E-state index < -0.39 is 5.97 Å². The minimum atomic E-state index is -0.959. The highest BCUT2D eigenvalue weighted by molar-refractivity contribution is 5.85. The van der Waals surface area contributed by atoms with E-state index in [4.69, 9.17) is 9.84 Å². The van der Waals surface area contributed by atoms with Crippen molar-refractivity contribution in [2.75, 3.05) is 6.61 Å². The van der Waals surface area contributed by atoms with Crippen LogP contribution in [0.1, 0.15) is 16.9 Å². The van der Waals surface area contributed by atoms with E-state index in [1.807, 2.05) is 0 Å². The van der Waals surface area contributed by atoms with Crippen molar-refractivity contribution in [3.63, 3.8) is 0 Å². The maximum absolute atomic E-state index is 10.6. The summed E-state index contributed by atoms with van der Waals surface area (Å²) >= 11 is 0. The molecular weight excluding hydrogens is 160 g/mol. The fourth-order valence-corrected chi connectivity index (χ4v) is 1.25. The molecule has 0 radical (unpaired) electrons. The lowest BCUT2D eigenvalue weighted by Gasteiger charge is -2.15. The molecule has 1 aliphatic heterocycles. The van der Waals surface area contributed by atoms with E-state index in [0.29, 0.717) is 19.2 Å². The van der Waals surface area contributed by atoms with E-state index in [-0.39, 0.29) is 5.69 Å². The highest BCUT2D eigenvalue weighted by Crippen LogP contribution is 2.17. The van der Waals surface area contributed by atoms with E-state index >= 15 is 0 Å². The normalized spacial score (nSPS) is 15.0. The van der Waals surface area contributed by atoms with Gasteiger partial charge in [-0.2, -0.15) is 0 Å². The van der Waals surface area contributed by atoms with E-state index in [1.54, 1.807) is 4.57 Å². The average Bonchev–Trinajstić information content (AvgIpc) is 2.47. The Morgan fingerprint density at radius 1 is 1.75 bits per heavy atom. The number of rotatable bonds is 1. The first-order chi connectivity index (χ1) is 5.79. The van der Waals surface area contributed by atoms with Gasteiger partial charge in [-0.05, 0) is 6.42 Å². The SMILES string of the molecule is O=C(O)c1cnc2n1CCCO2. The highest BCUT2D eigenvalue weighted by Gasteiger charge is 2.18. The molecular formula is C7H8N2O3. The molecule has 12 heavy (non-hydrogen) atoms. The summed E-state index contributed by atoms with van der Waals surface area (Å²) in [6.07, 6.45) is 2.16. The second kappa shape index (κ2) is 2.51. The molecule has 0 spiro atoms. The fourth-order valence-electron chi connectivity index (χ4n) is 1.25. The molecule has 0 amide bonds. The zero-order chi connectivity index (χ0) is 8.55. The third-order valence-electron chi connectivity index (χ3n) is 1.80. The van der Waals surface area contributed by atoms with Crippen LogP contribution in [-0.4, -0.2) is 27.2 Å². The molecule has 1 N–H and O–H groups in total. The molecule has 2 heterocycles. The molecule has 0 fully saturated rings. The third-order valence-corrected chi connectivity index (χ3v) is 1.80. The van der Waals surface area contributed by atoms with Gasteiger partial charge in [0.2, 0.25) is 0 Å². The van der Waals surface area contributed by atoms with Gasteiger partial charge in [-0.15, -0.1) is 0 Å². The van der Waals surface area contributed by atoms with Crippen LogP contribution in [0.4, 0.5) is 0 Å². The van der Waals surface area contributed by atoms with Crippen LogP contribution < -0.4 is 4.74 Å². The monoisotopic (exact) mass is 168 g/mol. The van der Waals surface area contributed by atoms with Gasteiger partial charge in [-0.25, -0.2) is 9.78 Å². The molecule has 0 unspecified atom stereocenters. The van der Waals surface area contributed by atoms with Gasteiger partial charge in [0, 0.05) is 6.54 Å². The van der Waals surface area contributed by atoms with Gasteiger partial charge in [0.05, 0.1) is 12.8 Å². The lowest BCUT2D eigenvalue weighted by Crippen LogP contribution is -2.17. The van der Waals surface area contributed by atoms with Gasteiger partial charge >= 0.3 is 5.97 Å². The van der Waals surface area contributed by atoms with Crippen LogP contribution in [0.3, 0.4) is 0 Å². The van der Waals surface area contributed by atoms with Crippen molar-refractivity contribution < 1.29 is 14.6 Å². The Bertz CT molecular complexity index is 318. The zero-order valence-electron chi connectivity index (χ0n) is 6.36. The zero-order valence-corrected chi connectivity index (χ0v) is 6.36. The number of imidazole rings is 1. The number of fused-ring (bicyclic) bond motifs is 1. The molecule has 64 valence electrons. The molecule has 0 saturated heterocycles. The van der Waals surface area contributed by atoms with Gasteiger partial charge < -0.3 is 9.84 Å². The van der Waals surface area contributed by atoms with Crippen LogP contribution in [0.25, 0.3) is 0 Å². The quantitative estimate of drug-likeness (QED) is 0.657. The van der Waals surface area contributed by atoms with Gasteiger partial charge in [-0.1, -0.05) is 0 Å². The lowest BCUT2D eigenvalue weighted by molar-refractivity contribution is 0.0680. The van der Waals surface area contributed by atoms with Gasteiger partial charge in [-0.3, -0.25) is 4.57 Å². The number of carboxylic acids is 1. The standard InChI is InChI=1S/C7H8N2O3/c10-6(11)5-4-8-7-9(5)2-1-3-12-7/h4H,1-3H2,(H,10,11). The summed E-state index contributed by atoms with van der Waals surface area (Å²) in [5, 5.41) is 8.71. The minimum absolute atomic E-state index is 0.199. The number of aromatic carboxylic acids is 1. The van der Waals surface area contributed by atoms with Crippen molar-refractivity contribution in [3.8, 4) is 6.01 Å². The molecule has 0 aliphatic carbocycles. The first-order valence-corrected chi connectivity index (χ1v) is 3.70. The summed E-state index contributed by atoms with van der Waals surface area (Å²) in [7, 11) is 0. The van der Waals surface area contributed by atoms with Crippen molar-refractivity contribution in [2.45, 2.75) is 13.0 Å². The van der Waals surface area contributed by atoms with Crippen LogP contribution in [0.15, 0.2) is 6.20 Å². The number of nitrogens with zero attached hydrogens (tertiary/aromatic N) is 2. The average molecular weight is 168 g/mol. The van der Waals surface area contributed by atoms with Crippen LogP contribution in [0, 0.1) is 0 Å². The molecule has 0 atom stereocenters. The first-order valence-electron chi connectivity index (χ1n) is 3.70. The van der Waals surface area contributed by atoms with Crippen molar-refractivity contribution in [2.24, 2.45) is 0 Å². The summed E-state index contributed by atoms with van der Waals surface area (Å²) in [5.74, 6) is -0.959. The smallest absolute Gasteiger partial charge is 0.354 e. The maximum Gasteiger partial charge on any atom is 0.354 e. The van der Waals surface area contributed by atoms with Crippen LogP contribution in [0.5, 0.6) is 6.01 Å². The second-order valence-electron chi connectivity index (χ2n) is 2.58. The molecule has 0 saturated carbocycles. The van der Waals surface area contributed by atoms with E-state index in [0.717, 1.165) is 6.42 Å². The van der Waals surface area contributed by atoms with Gasteiger partial charge in [0.25, 0.3) is 6.01 Å². The Hall–Kier alpha value is -1.52. The molecule has 5 heteroatoms. The third kappa shape index (κ3) is 0.939. The number of aromatic nitrogens is 2. The van der Waals surface area contributed by atoms with Crippen LogP contribution >= 0.6 is 0 Å². The molecule has 2 rings (SSSR count). The molecule has 0 bridgehead atoms. The Morgan fingerprint density at radius 2 is 2.58 bits per heavy atom. The Kier molecular flexibility index (Phi) is 1.49. The van der Waals surface area contributed by atoms with Crippen molar-refractivity contribution in [1.82, 2.24) is 9.55 Å². The number of ether oxygens (including phenoxy) is 1. The maximum atomic E-state index is 10.6. The predicted octanol–water partition coefficient (Wildman–Crippen LogP) is 0.364. The number of carboxylic acid groups (broad SMARTS) is 1. The second-order valence-corrected chi connectivity index (χ2v) is 2.58. The van der Waals surface area contributed by atoms with E-state index in [9.17, 15) is 4.79 Å². The molecule has 0 aromatic carbocycles. The highest BCUT2D eigenvalue weighted by atomic mass is 16.5. The Labute approximate surface area is 68.6 Å². The van der Waals surface area contributed by atoms with Gasteiger partial charge in [0.1, 0.15) is 5.69 Å². The Balaban J connectivity index is 2.44. The van der Waals surface area contributed by atoms with Gasteiger partial charge in [0.15, 0.2) is 0 Å². The van der Waals surface area contributed by atoms with E-state index in [1.165, 1.54) is 6.20 Å². The molecule has 5 nitrogen and oxygen atoms in total. The number of carbonyl (C=O) groups is 1. The molecule has 1 aromatic heterocycles. The van der Waals surface area contributed by atoms with Crippen LogP contribution in [-0.2, 0) is 6.54 Å².